The molecule has 0 aromatic heterocycles. The molecule has 0 radical (unpaired) electrons. The van der Waals surface area contributed by atoms with E-state index in [2.05, 4.69) is 0 Å². The Hall–Kier alpha value is -0.950. The molecule has 7 heteroatoms. The number of hydrogen-bond acceptors (Lipinski definition) is 4. The molecular formula is C11H20N2O4S. The van der Waals surface area contributed by atoms with Crippen molar-refractivity contribution in [3.8, 4) is 0 Å². The Morgan fingerprint density at radius 1 is 1.50 bits per heavy atom. The monoisotopic (exact) mass is 276 g/mol. The number of urea groups is 1. The van der Waals surface area contributed by atoms with Gasteiger partial charge in [0.2, 0.25) is 0 Å². The maximum Gasteiger partial charge on any atom is 0.327 e. The topological polar surface area (TPSA) is 70.1 Å². The molecule has 1 unspecified atom stereocenters. The first kappa shape index (κ1) is 15.1. The summed E-state index contributed by atoms with van der Waals surface area (Å²) >= 11 is 1.47. The van der Waals surface area contributed by atoms with Gasteiger partial charge in [-0.05, 0) is 13.8 Å². The fraction of sp³-hybridized carbons (Fsp3) is 0.818. The molecule has 1 aliphatic heterocycles. The van der Waals surface area contributed by atoms with Crippen molar-refractivity contribution in [2.45, 2.75) is 19.9 Å². The Kier molecular flexibility index (Phi) is 6.28. The van der Waals surface area contributed by atoms with Crippen LogP contribution in [-0.2, 0) is 9.53 Å². The minimum atomic E-state index is -0.936. The van der Waals surface area contributed by atoms with Crippen LogP contribution >= 0.6 is 11.8 Å². The summed E-state index contributed by atoms with van der Waals surface area (Å²) in [5.74, 6) is -0.0282. The van der Waals surface area contributed by atoms with E-state index in [1.54, 1.807) is 4.90 Å². The Morgan fingerprint density at radius 3 is 2.78 bits per heavy atom. The maximum atomic E-state index is 12.2. The van der Waals surface area contributed by atoms with Gasteiger partial charge in [-0.1, -0.05) is 0 Å². The highest BCUT2D eigenvalue weighted by Crippen LogP contribution is 2.22. The first-order valence-corrected chi connectivity index (χ1v) is 7.21. The van der Waals surface area contributed by atoms with Crippen LogP contribution < -0.4 is 0 Å². The van der Waals surface area contributed by atoms with Crippen molar-refractivity contribution in [1.82, 2.24) is 9.80 Å². The van der Waals surface area contributed by atoms with Gasteiger partial charge in [-0.3, -0.25) is 0 Å². The number of carbonyl (C=O) groups excluding carboxylic acids is 1. The first-order chi connectivity index (χ1) is 8.61. The Balaban J connectivity index is 2.57. The molecule has 1 saturated heterocycles. The van der Waals surface area contributed by atoms with Crippen LogP contribution in [0.2, 0.25) is 0 Å². The standard InChI is InChI=1S/C11H20N2O4S/c1-3-12(5-6-17-4-2)11(16)13-8-18-7-9(13)10(14)15/h9H,3-8H2,1-2H3,(H,14,15). The molecule has 0 spiro atoms. The summed E-state index contributed by atoms with van der Waals surface area (Å²) in [6.45, 7) is 5.92. The van der Waals surface area contributed by atoms with Crippen LogP contribution in [0.4, 0.5) is 4.79 Å². The van der Waals surface area contributed by atoms with Gasteiger partial charge in [-0.15, -0.1) is 11.8 Å². The number of aliphatic carboxylic acids is 1. The second-order valence-corrected chi connectivity index (χ2v) is 4.88. The van der Waals surface area contributed by atoms with Gasteiger partial charge >= 0.3 is 12.0 Å². The lowest BCUT2D eigenvalue weighted by molar-refractivity contribution is -0.140. The van der Waals surface area contributed by atoms with E-state index in [1.807, 2.05) is 13.8 Å². The normalized spacial score (nSPS) is 19.0. The number of likely N-dealkylation sites (N-methyl/N-ethyl adjacent to an activating group) is 1. The van der Waals surface area contributed by atoms with Gasteiger partial charge in [0, 0.05) is 25.4 Å². The number of amides is 2. The molecule has 104 valence electrons. The molecule has 1 fully saturated rings. The summed E-state index contributed by atoms with van der Waals surface area (Å²) in [4.78, 5) is 26.3. The zero-order valence-electron chi connectivity index (χ0n) is 10.8. The molecule has 1 heterocycles. The zero-order valence-corrected chi connectivity index (χ0v) is 11.6. The van der Waals surface area contributed by atoms with E-state index >= 15 is 0 Å². The summed E-state index contributed by atoms with van der Waals surface area (Å²) in [6, 6.07) is -0.918. The molecular weight excluding hydrogens is 256 g/mol. The van der Waals surface area contributed by atoms with E-state index in [4.69, 9.17) is 9.84 Å². The van der Waals surface area contributed by atoms with E-state index in [0.29, 0.717) is 37.9 Å². The number of carboxylic acids is 1. The lowest BCUT2D eigenvalue weighted by Gasteiger charge is -2.28. The molecule has 0 saturated carbocycles. The van der Waals surface area contributed by atoms with Gasteiger partial charge in [0.25, 0.3) is 0 Å². The Morgan fingerprint density at radius 2 is 2.22 bits per heavy atom. The third-order valence-electron chi connectivity index (χ3n) is 2.77. The smallest absolute Gasteiger partial charge is 0.327 e. The lowest BCUT2D eigenvalue weighted by Crippen LogP contribution is -2.49. The predicted octanol–water partition coefficient (Wildman–Crippen LogP) is 0.924. The molecule has 0 bridgehead atoms. The van der Waals surface area contributed by atoms with Crippen molar-refractivity contribution in [2.75, 3.05) is 37.9 Å². The summed E-state index contributed by atoms with van der Waals surface area (Å²) in [5, 5.41) is 9.05. The van der Waals surface area contributed by atoms with Crippen LogP contribution in [0.1, 0.15) is 13.8 Å². The van der Waals surface area contributed by atoms with Crippen LogP contribution in [0.15, 0.2) is 0 Å². The van der Waals surface area contributed by atoms with Crippen molar-refractivity contribution < 1.29 is 19.4 Å². The Bertz CT molecular complexity index is 301. The first-order valence-electron chi connectivity index (χ1n) is 6.05. The molecule has 0 aliphatic carbocycles. The van der Waals surface area contributed by atoms with Gasteiger partial charge < -0.3 is 19.6 Å². The van der Waals surface area contributed by atoms with Crippen LogP contribution in [0, 0.1) is 0 Å². The van der Waals surface area contributed by atoms with E-state index in [9.17, 15) is 9.59 Å². The third kappa shape index (κ3) is 3.78. The largest absolute Gasteiger partial charge is 0.480 e. The molecule has 1 atom stereocenters. The highest BCUT2D eigenvalue weighted by Gasteiger charge is 2.36. The number of carbonyl (C=O) groups is 2. The van der Waals surface area contributed by atoms with Crippen molar-refractivity contribution in [1.29, 1.82) is 0 Å². The Labute approximate surface area is 111 Å². The maximum absolute atomic E-state index is 12.2. The minimum absolute atomic E-state index is 0.213. The number of hydrogen-bond donors (Lipinski definition) is 1. The molecule has 6 nitrogen and oxygen atoms in total. The fourth-order valence-electron chi connectivity index (χ4n) is 1.73. The highest BCUT2D eigenvalue weighted by atomic mass is 32.2. The number of thioether (sulfide) groups is 1. The van der Waals surface area contributed by atoms with Crippen LogP contribution in [0.5, 0.6) is 0 Å². The molecule has 1 aliphatic rings. The SMILES string of the molecule is CCOCCN(CC)C(=O)N1CSCC1C(=O)O. The average molecular weight is 276 g/mol. The van der Waals surface area contributed by atoms with Gasteiger partial charge in [-0.25, -0.2) is 9.59 Å². The summed E-state index contributed by atoms with van der Waals surface area (Å²) < 4.78 is 5.22. The molecule has 1 N–H and O–H groups in total. The fourth-order valence-corrected chi connectivity index (χ4v) is 2.86. The molecule has 0 aromatic carbocycles. The second-order valence-electron chi connectivity index (χ2n) is 3.88. The molecule has 18 heavy (non-hydrogen) atoms. The van der Waals surface area contributed by atoms with Crippen LogP contribution in [0.3, 0.4) is 0 Å². The quantitative estimate of drug-likeness (QED) is 0.731. The number of rotatable bonds is 6. The predicted molar refractivity (Wildman–Crippen MR) is 69.7 cm³/mol. The van der Waals surface area contributed by atoms with Crippen molar-refractivity contribution in [3.05, 3.63) is 0 Å². The highest BCUT2D eigenvalue weighted by molar-refractivity contribution is 7.99. The van der Waals surface area contributed by atoms with Crippen LogP contribution in [-0.4, -0.2) is 70.9 Å². The van der Waals surface area contributed by atoms with Gasteiger partial charge in [0.15, 0.2) is 0 Å². The van der Waals surface area contributed by atoms with Gasteiger partial charge in [0.05, 0.1) is 12.5 Å². The van der Waals surface area contributed by atoms with Crippen LogP contribution in [0.25, 0.3) is 0 Å². The average Bonchev–Trinajstić information content (AvgIpc) is 2.83. The zero-order chi connectivity index (χ0) is 13.5. The minimum Gasteiger partial charge on any atom is -0.480 e. The second kappa shape index (κ2) is 7.48. The molecule has 2 amide bonds. The van der Waals surface area contributed by atoms with Gasteiger partial charge in [-0.2, -0.15) is 0 Å². The third-order valence-corrected chi connectivity index (χ3v) is 3.79. The van der Waals surface area contributed by atoms with E-state index in [1.165, 1.54) is 16.7 Å². The molecule has 1 rings (SSSR count). The van der Waals surface area contributed by atoms with E-state index in [-0.39, 0.29) is 6.03 Å². The van der Waals surface area contributed by atoms with Crippen molar-refractivity contribution >= 4 is 23.8 Å². The lowest BCUT2D eigenvalue weighted by atomic mass is 10.3. The summed E-state index contributed by atoms with van der Waals surface area (Å²) in [5.41, 5.74) is 0. The summed E-state index contributed by atoms with van der Waals surface area (Å²) in [7, 11) is 0. The number of carboxylic acid groups (broad SMARTS) is 1. The van der Waals surface area contributed by atoms with Crippen molar-refractivity contribution in [2.24, 2.45) is 0 Å². The van der Waals surface area contributed by atoms with Crippen molar-refractivity contribution in [3.63, 3.8) is 0 Å². The number of ether oxygens (including phenoxy) is 1. The molecule has 0 aromatic rings. The summed E-state index contributed by atoms with van der Waals surface area (Å²) in [6.07, 6.45) is 0. The van der Waals surface area contributed by atoms with Gasteiger partial charge in [0.1, 0.15) is 6.04 Å². The van der Waals surface area contributed by atoms with E-state index in [0.717, 1.165) is 0 Å². The number of nitrogens with zero attached hydrogens (tertiary/aromatic N) is 2. The van der Waals surface area contributed by atoms with E-state index < -0.39 is 12.0 Å².